The highest BCUT2D eigenvalue weighted by molar-refractivity contribution is 5.80. The van der Waals surface area contributed by atoms with Crippen LogP contribution in [0.3, 0.4) is 0 Å². The molecule has 0 amide bonds. The molecule has 1 rings (SSSR count). The van der Waals surface area contributed by atoms with E-state index in [-0.39, 0.29) is 0 Å². The van der Waals surface area contributed by atoms with E-state index < -0.39 is 5.97 Å². The maximum atomic E-state index is 10.4. The average Bonchev–Trinajstić information content (AvgIpc) is 2.38. The summed E-state index contributed by atoms with van der Waals surface area (Å²) in [5.74, 6) is 0.563. The minimum absolute atomic E-state index is 0.762. The quantitative estimate of drug-likeness (QED) is 0.654. The lowest BCUT2D eigenvalue weighted by Crippen LogP contribution is -1.97. The van der Waals surface area contributed by atoms with Crippen LogP contribution < -0.4 is 9.47 Å². The van der Waals surface area contributed by atoms with E-state index in [1.807, 2.05) is 19.9 Å². The normalized spacial score (nSPS) is 11.2. The van der Waals surface area contributed by atoms with Gasteiger partial charge in [0.25, 0.3) is 0 Å². The molecule has 0 spiro atoms. The molecule has 1 aromatic rings. The molecule has 1 aromatic carbocycles. The van der Waals surface area contributed by atoms with E-state index in [4.69, 9.17) is 14.6 Å². The third-order valence-corrected chi connectivity index (χ3v) is 2.87. The second-order valence-electron chi connectivity index (χ2n) is 4.01. The second-order valence-corrected chi connectivity index (χ2v) is 4.01. The predicted molar refractivity (Wildman–Crippen MR) is 74.8 cm³/mol. The third kappa shape index (κ3) is 3.61. The summed E-state index contributed by atoms with van der Waals surface area (Å²) in [5, 5.41) is 8.51. The van der Waals surface area contributed by atoms with Crippen molar-refractivity contribution in [1.82, 2.24) is 0 Å². The Morgan fingerprint density at radius 3 is 2.37 bits per heavy atom. The van der Waals surface area contributed by atoms with Gasteiger partial charge in [0.1, 0.15) is 11.5 Å². The van der Waals surface area contributed by atoms with Gasteiger partial charge >= 0.3 is 5.97 Å². The lowest BCUT2D eigenvalue weighted by molar-refractivity contribution is -0.131. The minimum atomic E-state index is -0.978. The molecule has 0 saturated heterocycles. The van der Waals surface area contributed by atoms with Crippen LogP contribution in [0.4, 0.5) is 0 Å². The van der Waals surface area contributed by atoms with Gasteiger partial charge in [0.05, 0.1) is 14.2 Å². The molecule has 0 fully saturated rings. The molecule has 1 N–H and O–H groups in total. The zero-order chi connectivity index (χ0) is 14.4. The Bertz CT molecular complexity index is 527. The molecule has 19 heavy (non-hydrogen) atoms. The van der Waals surface area contributed by atoms with Gasteiger partial charge in [-0.05, 0) is 31.0 Å². The van der Waals surface area contributed by atoms with Crippen LogP contribution in [0.1, 0.15) is 16.7 Å². The van der Waals surface area contributed by atoms with Crippen LogP contribution in [0, 0.1) is 13.8 Å². The van der Waals surface area contributed by atoms with Gasteiger partial charge in [0.2, 0.25) is 0 Å². The van der Waals surface area contributed by atoms with E-state index in [9.17, 15) is 4.79 Å². The van der Waals surface area contributed by atoms with E-state index >= 15 is 0 Å². The molecule has 0 aliphatic carbocycles. The molecule has 4 nitrogen and oxygen atoms in total. The van der Waals surface area contributed by atoms with Crippen LogP contribution in [0.2, 0.25) is 0 Å². The highest BCUT2D eigenvalue weighted by Crippen LogP contribution is 2.33. The van der Waals surface area contributed by atoms with E-state index in [1.54, 1.807) is 26.4 Å². The summed E-state index contributed by atoms with van der Waals surface area (Å²) in [6.45, 7) is 3.93. The minimum Gasteiger partial charge on any atom is -0.496 e. The SMILES string of the molecule is COc1cc(/C=C/C=C/C(=O)O)c(OC)c(C)c1C. The molecule has 102 valence electrons. The summed E-state index contributed by atoms with van der Waals surface area (Å²) < 4.78 is 10.7. The molecule has 0 radical (unpaired) electrons. The van der Waals surface area contributed by atoms with Crippen LogP contribution in [-0.4, -0.2) is 25.3 Å². The molecular formula is C15H18O4. The Hall–Kier alpha value is -2.23. The lowest BCUT2D eigenvalue weighted by Gasteiger charge is -2.14. The monoisotopic (exact) mass is 262 g/mol. The standard InChI is InChI=1S/C15H18O4/c1-10-11(2)15(19-4)12(9-13(10)18-3)7-5-6-8-14(16)17/h5-9H,1-4H3,(H,16,17)/b7-5+,8-6+. The fourth-order valence-electron chi connectivity index (χ4n) is 1.79. The molecule has 0 aliphatic heterocycles. The number of hydrogen-bond acceptors (Lipinski definition) is 3. The Balaban J connectivity index is 3.19. The van der Waals surface area contributed by atoms with E-state index in [0.717, 1.165) is 34.3 Å². The summed E-state index contributed by atoms with van der Waals surface area (Å²) in [4.78, 5) is 10.4. The molecule has 0 unspecified atom stereocenters. The number of benzene rings is 1. The smallest absolute Gasteiger partial charge is 0.328 e. The lowest BCUT2D eigenvalue weighted by atomic mass is 10.0. The van der Waals surface area contributed by atoms with Gasteiger partial charge in [-0.25, -0.2) is 4.79 Å². The number of carboxylic acids is 1. The van der Waals surface area contributed by atoms with E-state index in [2.05, 4.69) is 0 Å². The first-order valence-corrected chi connectivity index (χ1v) is 5.81. The zero-order valence-corrected chi connectivity index (χ0v) is 11.6. The first-order chi connectivity index (χ1) is 9.01. The highest BCUT2D eigenvalue weighted by atomic mass is 16.5. The Morgan fingerprint density at radius 2 is 1.84 bits per heavy atom. The van der Waals surface area contributed by atoms with Crippen LogP contribution in [0.25, 0.3) is 6.08 Å². The number of ether oxygens (including phenoxy) is 2. The van der Waals surface area contributed by atoms with Crippen molar-refractivity contribution >= 4 is 12.0 Å². The number of allylic oxidation sites excluding steroid dienone is 2. The first kappa shape index (κ1) is 14.8. The number of aliphatic carboxylic acids is 1. The molecule has 0 saturated carbocycles. The van der Waals surface area contributed by atoms with Gasteiger partial charge in [-0.3, -0.25) is 0 Å². The average molecular weight is 262 g/mol. The highest BCUT2D eigenvalue weighted by Gasteiger charge is 2.11. The number of carbonyl (C=O) groups is 1. The van der Waals surface area contributed by atoms with Crippen molar-refractivity contribution in [2.45, 2.75) is 13.8 Å². The summed E-state index contributed by atoms with van der Waals surface area (Å²) in [6, 6.07) is 1.87. The number of hydrogen-bond donors (Lipinski definition) is 1. The summed E-state index contributed by atoms with van der Waals surface area (Å²) in [6.07, 6.45) is 5.97. The first-order valence-electron chi connectivity index (χ1n) is 5.81. The number of carboxylic acid groups (broad SMARTS) is 1. The number of rotatable bonds is 5. The molecule has 0 heterocycles. The fourth-order valence-corrected chi connectivity index (χ4v) is 1.79. The maximum absolute atomic E-state index is 10.4. The molecule has 4 heteroatoms. The van der Waals surface area contributed by atoms with Gasteiger partial charge < -0.3 is 14.6 Å². The van der Waals surface area contributed by atoms with E-state index in [0.29, 0.717) is 0 Å². The predicted octanol–water partition coefficient (Wildman–Crippen LogP) is 2.97. The summed E-state index contributed by atoms with van der Waals surface area (Å²) in [7, 11) is 3.23. The van der Waals surface area contributed by atoms with Crippen molar-refractivity contribution < 1.29 is 19.4 Å². The van der Waals surface area contributed by atoms with Crippen molar-refractivity contribution in [1.29, 1.82) is 0 Å². The summed E-state index contributed by atoms with van der Waals surface area (Å²) in [5.41, 5.74) is 2.87. The Labute approximate surface area is 113 Å². The molecule has 0 bridgehead atoms. The molecular weight excluding hydrogens is 244 g/mol. The van der Waals surface area contributed by atoms with Crippen molar-refractivity contribution in [3.8, 4) is 11.5 Å². The Kier molecular flexibility index (Phi) is 5.18. The van der Waals surface area contributed by atoms with Crippen molar-refractivity contribution in [3.05, 3.63) is 41.0 Å². The summed E-state index contributed by atoms with van der Waals surface area (Å²) >= 11 is 0. The van der Waals surface area contributed by atoms with Crippen molar-refractivity contribution in [3.63, 3.8) is 0 Å². The Morgan fingerprint density at radius 1 is 1.16 bits per heavy atom. The van der Waals surface area contributed by atoms with Crippen LogP contribution >= 0.6 is 0 Å². The van der Waals surface area contributed by atoms with Crippen molar-refractivity contribution in [2.24, 2.45) is 0 Å². The largest absolute Gasteiger partial charge is 0.496 e. The molecule has 0 aliphatic rings. The number of methoxy groups -OCH3 is 2. The third-order valence-electron chi connectivity index (χ3n) is 2.87. The fraction of sp³-hybridized carbons (Fsp3) is 0.267. The van der Waals surface area contributed by atoms with Crippen molar-refractivity contribution in [2.75, 3.05) is 14.2 Å². The maximum Gasteiger partial charge on any atom is 0.328 e. The van der Waals surface area contributed by atoms with Gasteiger partial charge in [0.15, 0.2) is 0 Å². The molecule has 0 aromatic heterocycles. The zero-order valence-electron chi connectivity index (χ0n) is 11.6. The topological polar surface area (TPSA) is 55.8 Å². The second kappa shape index (κ2) is 6.64. The van der Waals surface area contributed by atoms with Gasteiger partial charge in [-0.1, -0.05) is 18.2 Å². The van der Waals surface area contributed by atoms with E-state index in [1.165, 1.54) is 6.08 Å². The van der Waals surface area contributed by atoms with Gasteiger partial charge in [-0.2, -0.15) is 0 Å². The van der Waals surface area contributed by atoms with Gasteiger partial charge in [0, 0.05) is 11.6 Å². The van der Waals surface area contributed by atoms with Crippen LogP contribution in [0.5, 0.6) is 11.5 Å². The van der Waals surface area contributed by atoms with Crippen LogP contribution in [-0.2, 0) is 4.79 Å². The van der Waals surface area contributed by atoms with Gasteiger partial charge in [-0.15, -0.1) is 0 Å². The molecule has 0 atom stereocenters. The van der Waals surface area contributed by atoms with Crippen LogP contribution in [0.15, 0.2) is 24.3 Å².